The van der Waals surface area contributed by atoms with E-state index in [9.17, 15) is 10.1 Å². The second kappa shape index (κ2) is 6.85. The summed E-state index contributed by atoms with van der Waals surface area (Å²) in [6.45, 7) is 1.97. The summed E-state index contributed by atoms with van der Waals surface area (Å²) in [4.78, 5) is 18.4. The molecule has 4 aromatic rings. The zero-order valence-corrected chi connectivity index (χ0v) is 15.9. The fourth-order valence-corrected chi connectivity index (χ4v) is 3.44. The summed E-state index contributed by atoms with van der Waals surface area (Å²) >= 11 is 3.38. The second-order valence-corrected chi connectivity index (χ2v) is 6.86. The Bertz CT molecular complexity index is 1130. The number of halogens is 1. The van der Waals surface area contributed by atoms with E-state index in [2.05, 4.69) is 25.9 Å². The fourth-order valence-electron chi connectivity index (χ4n) is 2.88. The molecule has 2 aromatic heterocycles. The molecule has 0 unspecified atom stereocenters. The van der Waals surface area contributed by atoms with Gasteiger partial charge in [0, 0.05) is 33.4 Å². The number of nitrogens with one attached hydrogen (secondary N) is 1. The van der Waals surface area contributed by atoms with Gasteiger partial charge in [-0.05, 0) is 41.1 Å². The molecule has 0 saturated heterocycles. The Morgan fingerprint density at radius 2 is 1.81 bits per heavy atom. The van der Waals surface area contributed by atoms with Gasteiger partial charge in [0.25, 0.3) is 5.69 Å². The first kappa shape index (κ1) is 17.2. The van der Waals surface area contributed by atoms with Crippen molar-refractivity contribution in [2.75, 3.05) is 0 Å². The van der Waals surface area contributed by atoms with Gasteiger partial charge in [-0.1, -0.05) is 30.3 Å². The molecule has 6 nitrogen and oxygen atoms in total. The number of aryl methyl sites for hydroxylation is 1. The number of imidazole rings is 1. The highest BCUT2D eigenvalue weighted by Gasteiger charge is 2.16. The Balaban J connectivity index is 1.69. The highest BCUT2D eigenvalue weighted by atomic mass is 79.9. The van der Waals surface area contributed by atoms with Crippen molar-refractivity contribution in [3.63, 3.8) is 0 Å². The number of aromatic amines is 1. The molecule has 1 N–H and O–H groups in total. The third-order valence-corrected chi connectivity index (χ3v) is 4.86. The Morgan fingerprint density at radius 1 is 1.07 bits per heavy atom. The molecule has 0 radical (unpaired) electrons. The van der Waals surface area contributed by atoms with Crippen LogP contribution in [0.2, 0.25) is 0 Å². The third kappa shape index (κ3) is 3.29. The van der Waals surface area contributed by atoms with Crippen LogP contribution in [0.5, 0.6) is 0 Å². The van der Waals surface area contributed by atoms with Crippen LogP contribution in [-0.2, 0) is 0 Å². The maximum absolute atomic E-state index is 10.9. The third-order valence-electron chi connectivity index (χ3n) is 4.20. The molecule has 0 aliphatic rings. The average Bonchev–Trinajstić information content (AvgIpc) is 3.29. The molecule has 0 bridgehead atoms. The van der Waals surface area contributed by atoms with Crippen LogP contribution in [0.25, 0.3) is 34.2 Å². The quantitative estimate of drug-likeness (QED) is 0.323. The summed E-state index contributed by atoms with van der Waals surface area (Å²) in [7, 11) is 0. The van der Waals surface area contributed by atoms with E-state index in [0.717, 1.165) is 22.5 Å². The second-order valence-electron chi connectivity index (χ2n) is 6.01. The largest absolute Gasteiger partial charge is 0.453 e. The smallest absolute Gasteiger partial charge is 0.270 e. The maximum atomic E-state index is 10.9. The van der Waals surface area contributed by atoms with Gasteiger partial charge < -0.3 is 9.40 Å². The van der Waals surface area contributed by atoms with E-state index in [1.54, 1.807) is 6.07 Å². The highest BCUT2D eigenvalue weighted by Crippen LogP contribution is 2.35. The Morgan fingerprint density at radius 3 is 2.52 bits per heavy atom. The number of H-pyrrole nitrogens is 1. The van der Waals surface area contributed by atoms with Crippen molar-refractivity contribution in [3.8, 4) is 34.2 Å². The van der Waals surface area contributed by atoms with Crippen LogP contribution in [0.3, 0.4) is 0 Å². The number of rotatable bonds is 4. The van der Waals surface area contributed by atoms with Gasteiger partial charge in [-0.15, -0.1) is 0 Å². The molecule has 0 aliphatic heterocycles. The van der Waals surface area contributed by atoms with Crippen molar-refractivity contribution < 1.29 is 9.34 Å². The van der Waals surface area contributed by atoms with E-state index in [1.807, 2.05) is 49.4 Å². The minimum atomic E-state index is -0.432. The number of benzene rings is 2. The van der Waals surface area contributed by atoms with E-state index >= 15 is 0 Å². The molecule has 27 heavy (non-hydrogen) atoms. The molecule has 2 heterocycles. The van der Waals surface area contributed by atoms with Gasteiger partial charge in [-0.3, -0.25) is 10.1 Å². The first-order valence-corrected chi connectivity index (χ1v) is 8.99. The van der Waals surface area contributed by atoms with Crippen LogP contribution in [0, 0.1) is 17.0 Å². The van der Waals surface area contributed by atoms with Gasteiger partial charge >= 0.3 is 0 Å². The first-order chi connectivity index (χ1) is 13.0. The van der Waals surface area contributed by atoms with Gasteiger partial charge in [0.2, 0.25) is 0 Å². The number of hydrogen-bond donors (Lipinski definition) is 1. The minimum absolute atomic E-state index is 0.0200. The summed E-state index contributed by atoms with van der Waals surface area (Å²) in [5.74, 6) is 1.83. The van der Waals surface area contributed by atoms with Crippen LogP contribution in [0.4, 0.5) is 5.69 Å². The van der Waals surface area contributed by atoms with Crippen molar-refractivity contribution in [2.45, 2.75) is 6.92 Å². The summed E-state index contributed by atoms with van der Waals surface area (Å²) < 4.78 is 6.54. The molecule has 0 amide bonds. The van der Waals surface area contributed by atoms with Crippen molar-refractivity contribution in [1.82, 2.24) is 9.97 Å². The van der Waals surface area contributed by atoms with E-state index in [4.69, 9.17) is 4.42 Å². The SMILES string of the molecule is Cc1[nH]c(-c2ccc(-c3ccc([N+](=O)[O-])cc3Br)o2)nc1-c1ccccc1. The van der Waals surface area contributed by atoms with Gasteiger partial charge in [-0.2, -0.15) is 0 Å². The molecular weight excluding hydrogens is 410 g/mol. The monoisotopic (exact) mass is 423 g/mol. The number of hydrogen-bond acceptors (Lipinski definition) is 4. The Kier molecular flexibility index (Phi) is 4.37. The molecule has 0 aliphatic carbocycles. The van der Waals surface area contributed by atoms with Crippen LogP contribution < -0.4 is 0 Å². The molecule has 2 aromatic carbocycles. The molecule has 0 fully saturated rings. The first-order valence-electron chi connectivity index (χ1n) is 8.19. The van der Waals surface area contributed by atoms with E-state index in [0.29, 0.717) is 21.8 Å². The lowest BCUT2D eigenvalue weighted by atomic mass is 10.1. The van der Waals surface area contributed by atoms with Crippen molar-refractivity contribution in [3.05, 3.63) is 80.9 Å². The van der Waals surface area contributed by atoms with Crippen molar-refractivity contribution in [2.24, 2.45) is 0 Å². The van der Waals surface area contributed by atoms with Crippen molar-refractivity contribution in [1.29, 1.82) is 0 Å². The topological polar surface area (TPSA) is 85.0 Å². The van der Waals surface area contributed by atoms with Gasteiger partial charge in [0.15, 0.2) is 11.6 Å². The summed E-state index contributed by atoms with van der Waals surface area (Å²) in [5.41, 5.74) is 3.61. The van der Waals surface area contributed by atoms with Crippen LogP contribution in [0.1, 0.15) is 5.69 Å². The minimum Gasteiger partial charge on any atom is -0.453 e. The molecule has 0 saturated carbocycles. The van der Waals surface area contributed by atoms with Gasteiger partial charge in [0.05, 0.1) is 10.6 Å². The van der Waals surface area contributed by atoms with E-state index < -0.39 is 4.92 Å². The predicted octanol–water partition coefficient (Wildman–Crippen LogP) is 5.98. The Labute approximate surface area is 163 Å². The maximum Gasteiger partial charge on any atom is 0.270 e. The number of nitro groups is 1. The zero-order chi connectivity index (χ0) is 19.0. The molecule has 134 valence electrons. The summed E-state index contributed by atoms with van der Waals surface area (Å²) in [6.07, 6.45) is 0. The fraction of sp³-hybridized carbons (Fsp3) is 0.0500. The van der Waals surface area contributed by atoms with Crippen LogP contribution >= 0.6 is 15.9 Å². The zero-order valence-electron chi connectivity index (χ0n) is 14.3. The van der Waals surface area contributed by atoms with Crippen LogP contribution in [0.15, 0.2) is 69.6 Å². The number of aromatic nitrogens is 2. The average molecular weight is 424 g/mol. The molecule has 0 spiro atoms. The lowest BCUT2D eigenvalue weighted by Gasteiger charge is -2.01. The van der Waals surface area contributed by atoms with Crippen molar-refractivity contribution >= 4 is 21.6 Å². The number of non-ortho nitro benzene ring substituents is 1. The number of nitro benzene ring substituents is 1. The van der Waals surface area contributed by atoms with E-state index in [-0.39, 0.29) is 5.69 Å². The lowest BCUT2D eigenvalue weighted by molar-refractivity contribution is -0.384. The highest BCUT2D eigenvalue weighted by molar-refractivity contribution is 9.10. The van der Waals surface area contributed by atoms with E-state index in [1.165, 1.54) is 12.1 Å². The number of nitrogens with zero attached hydrogens (tertiary/aromatic N) is 2. The standard InChI is InChI=1S/C20H14BrN3O3/c1-12-19(13-5-3-2-4-6-13)23-20(22-12)18-10-9-17(27-18)15-8-7-14(24(25)26)11-16(15)21/h2-11H,1H3,(H,22,23). The molecular formula is C20H14BrN3O3. The van der Waals surface area contributed by atoms with Gasteiger partial charge in [-0.25, -0.2) is 4.98 Å². The molecule has 4 rings (SSSR count). The van der Waals surface area contributed by atoms with Gasteiger partial charge in [0.1, 0.15) is 5.76 Å². The molecule has 7 heteroatoms. The predicted molar refractivity (Wildman–Crippen MR) is 106 cm³/mol. The summed E-state index contributed by atoms with van der Waals surface area (Å²) in [5, 5.41) is 10.9. The number of furan rings is 1. The summed E-state index contributed by atoms with van der Waals surface area (Å²) in [6, 6.07) is 18.1. The Hall–Kier alpha value is -3.19. The van der Waals surface area contributed by atoms with Crippen LogP contribution in [-0.4, -0.2) is 14.9 Å². The normalized spacial score (nSPS) is 10.9. The molecule has 0 atom stereocenters. The lowest BCUT2D eigenvalue weighted by Crippen LogP contribution is -1.88.